The third-order valence-corrected chi connectivity index (χ3v) is 19.1. The lowest BCUT2D eigenvalue weighted by atomic mass is 10.1. The van der Waals surface area contributed by atoms with Crippen molar-refractivity contribution in [2.75, 3.05) is 37.2 Å². The van der Waals surface area contributed by atoms with Crippen LogP contribution in [-0.2, 0) is 33.3 Å². The number of hydrogen-bond donors (Lipinski definition) is 4. The highest BCUT2D eigenvalue weighted by molar-refractivity contribution is 7.64. The molecule has 116 heavy (non-hydrogen) atoms. The van der Waals surface area contributed by atoms with Crippen molar-refractivity contribution in [1.82, 2.24) is 29.6 Å². The van der Waals surface area contributed by atoms with Crippen molar-refractivity contribution in [3.63, 3.8) is 0 Å². The van der Waals surface area contributed by atoms with Gasteiger partial charge in [0.1, 0.15) is 56.2 Å². The highest BCUT2D eigenvalue weighted by Crippen LogP contribution is 2.48. The van der Waals surface area contributed by atoms with Crippen LogP contribution in [0.5, 0.6) is 46.0 Å². The fourth-order valence-corrected chi connectivity index (χ4v) is 13.0. The van der Waals surface area contributed by atoms with Crippen LogP contribution in [-0.4, -0.2) is 92.6 Å². The Bertz CT molecular complexity index is 5520. The summed E-state index contributed by atoms with van der Waals surface area (Å²) < 4.78 is 249. The number of nitrogens with zero attached hydrogens (tertiary/aromatic N) is 6. The van der Waals surface area contributed by atoms with Crippen LogP contribution in [0.15, 0.2) is 146 Å². The number of aromatic nitrogens is 3. The van der Waals surface area contributed by atoms with Crippen molar-refractivity contribution in [3.05, 3.63) is 234 Å². The average Bonchev–Trinajstić information content (AvgIpc) is 1.58. The van der Waals surface area contributed by atoms with Gasteiger partial charge >= 0.3 is 41.1 Å². The number of ether oxygens (including phenoxy) is 8. The number of halogens is 17. The van der Waals surface area contributed by atoms with Gasteiger partial charge in [0.15, 0.2) is 59.3 Å². The van der Waals surface area contributed by atoms with E-state index in [4.69, 9.17) is 45.9 Å². The first kappa shape index (κ1) is 85.0. The smallest absolute Gasteiger partial charge is 0.399 e. The zero-order valence-electron chi connectivity index (χ0n) is 58.2. The van der Waals surface area contributed by atoms with Crippen LogP contribution >= 0.6 is 58.5 Å². The van der Waals surface area contributed by atoms with E-state index in [2.05, 4.69) is 68.0 Å². The lowest BCUT2D eigenvalue weighted by Gasteiger charge is -2.13. The van der Waals surface area contributed by atoms with E-state index in [0.717, 1.165) is 63.9 Å². The van der Waals surface area contributed by atoms with Gasteiger partial charge in [0.2, 0.25) is 0 Å². The molecule has 17 rings (SSSR count). The molecule has 0 bridgehead atoms. The van der Waals surface area contributed by atoms with Gasteiger partial charge in [-0.25, -0.2) is 41.3 Å². The molecular formula is C70H46Cl3F14N10O16P3+2. The summed E-state index contributed by atoms with van der Waals surface area (Å²) in [4.78, 5) is 58.5. The first-order valence-electron chi connectivity index (χ1n) is 32.0. The number of alkyl halides is 8. The van der Waals surface area contributed by atoms with Gasteiger partial charge in [0.05, 0.1) is 101 Å². The molecule has 7 aliphatic heterocycles. The third kappa shape index (κ3) is 19.4. The molecule has 10 heterocycles. The van der Waals surface area contributed by atoms with Crippen LogP contribution in [0, 0.1) is 45.0 Å². The number of rotatable bonds is 9. The van der Waals surface area contributed by atoms with Crippen molar-refractivity contribution >= 4 is 105 Å². The van der Waals surface area contributed by atoms with E-state index in [-0.39, 0.29) is 163 Å². The number of benzene rings is 7. The number of pyridine rings is 3. The third-order valence-electron chi connectivity index (χ3n) is 15.9. The summed E-state index contributed by atoms with van der Waals surface area (Å²) >= 11 is 17.0. The summed E-state index contributed by atoms with van der Waals surface area (Å²) in [5.41, 5.74) is 11.7. The second-order valence-corrected chi connectivity index (χ2v) is 28.3. The molecule has 7 aliphatic rings. The first-order valence-corrected chi connectivity index (χ1v) is 38.0. The Labute approximate surface area is 659 Å². The quantitative estimate of drug-likeness (QED) is 0.0343. The van der Waals surface area contributed by atoms with Crippen LogP contribution in [0.3, 0.4) is 0 Å². The first-order chi connectivity index (χ1) is 54.6. The molecule has 3 aromatic heterocycles. The van der Waals surface area contributed by atoms with E-state index < -0.39 is 98.3 Å². The number of carbonyl (C=O) groups is 3. The number of nitrogens with two attached hydrogens (primary N) is 2. The lowest BCUT2D eigenvalue weighted by molar-refractivity contribution is -0.385. The van der Waals surface area contributed by atoms with E-state index in [1.165, 1.54) is 104 Å². The molecule has 604 valence electrons. The normalized spacial score (nSPS) is 15.5. The van der Waals surface area contributed by atoms with Crippen LogP contribution in [0.1, 0.15) is 48.2 Å². The van der Waals surface area contributed by atoms with Gasteiger partial charge in [-0.05, 0) is 106 Å². The molecule has 3 amide bonds. The number of fused-ring (bicyclic) bond motifs is 7. The SMILES string of the molecule is COPCl.C[P+](=O)N1Cc2nc(-c3c(F)cccc3F)cc(Cl)c2C1=O.C[P+](=O)N1Cc2nc(-c3c(F)cccc3F)cc(Nc3ccc4c(c3)OC(F)(F)O4)c2C1=O.Nc1ccc2c(c1)OC(F)(F)O2.Nc1ccc2c(c1)OC(F)(F)O2.O=C1NCc2nc(-c3c(F)cccc3F)cc(Cl)c21.O=[N+]([O-])c1ccc2c(c1)OC(F)(F)O2. The molecule has 3 unspecified atom stereocenters. The minimum absolute atomic E-state index is 0.000305. The van der Waals surface area contributed by atoms with Crippen LogP contribution in [0.4, 0.5) is 89.9 Å². The summed E-state index contributed by atoms with van der Waals surface area (Å²) in [6.07, 6.45) is -14.7. The zero-order chi connectivity index (χ0) is 84.4. The van der Waals surface area contributed by atoms with Gasteiger partial charge in [0, 0.05) is 48.4 Å². The van der Waals surface area contributed by atoms with E-state index in [1.54, 1.807) is 7.11 Å². The molecule has 3 atom stereocenters. The van der Waals surface area contributed by atoms with Gasteiger partial charge in [0.25, 0.3) is 23.4 Å². The predicted octanol–water partition coefficient (Wildman–Crippen LogP) is 18.8. The Morgan fingerprint density at radius 1 is 0.491 bits per heavy atom. The second kappa shape index (κ2) is 34.3. The maximum absolute atomic E-state index is 14.4. The molecule has 10 aromatic rings. The zero-order valence-corrected chi connectivity index (χ0v) is 63.2. The number of nitrogens with one attached hydrogen (secondary N) is 2. The summed E-state index contributed by atoms with van der Waals surface area (Å²) in [5, 5.41) is 15.9. The lowest BCUT2D eigenvalue weighted by Crippen LogP contribution is -2.25. The highest BCUT2D eigenvalue weighted by atomic mass is 35.7. The number of anilines is 4. The standard InChI is InChI=1S/C21H12F4N3O4P.C14H9ClF2N2O2P.C13H7ClF2N2O.C7H3F2NO4.2C7H5F2NO2.CH4ClOP/c1-33(30)28-9-15-19(20(28)29)14(8-13(27-15)18-11(22)3-2-4-12(18)23)26-10-5-6-16-17(7-10)32-21(24,25)31-16;1-22(21)19-6-11-12(14(19)20)7(15)5-10(18-11)13-8(16)3-2-4-9(13)17;14-6-4-9(12-7(15)2-1-3-8(12)16)18-10-5-17-13(19)11(6)10;8-7(9)13-5-2-1-4(10(11)12)3-6(5)14-7;2*8-7(9)11-5-2-1-4(10)3-6(5)12-7;1-3-4-2/h2-8H,9H2,1H3;2-5H,6H2,1H3;1-4H,5H2,(H,17,19);1-3H;2*1-3H,10H2;4H,1H3/q;+1;;;;;/p+1. The number of non-ortho nitro benzene ring substituents is 1. The van der Waals surface area contributed by atoms with Gasteiger partial charge < -0.3 is 64.5 Å². The molecule has 46 heteroatoms. The van der Waals surface area contributed by atoms with Crippen molar-refractivity contribution in [1.29, 1.82) is 0 Å². The Morgan fingerprint density at radius 2 is 0.828 bits per heavy atom. The van der Waals surface area contributed by atoms with Crippen molar-refractivity contribution in [2.45, 2.75) is 44.8 Å². The van der Waals surface area contributed by atoms with Crippen LogP contribution < -0.4 is 60.0 Å². The van der Waals surface area contributed by atoms with Gasteiger partial charge in [-0.2, -0.15) is 0 Å². The molecule has 0 spiro atoms. The average molecular weight is 1750 g/mol. The van der Waals surface area contributed by atoms with E-state index in [0.29, 0.717) is 17.1 Å². The summed E-state index contributed by atoms with van der Waals surface area (Å²) in [7, 11) is -2.27. The van der Waals surface area contributed by atoms with Gasteiger partial charge in [-0.15, -0.1) is 44.5 Å². The van der Waals surface area contributed by atoms with Crippen LogP contribution in [0.25, 0.3) is 33.8 Å². The Kier molecular flexibility index (Phi) is 25.1. The van der Waals surface area contributed by atoms with E-state index >= 15 is 0 Å². The van der Waals surface area contributed by atoms with E-state index in [9.17, 15) is 95.1 Å². The maximum Gasteiger partial charge on any atom is 0.586 e. The Morgan fingerprint density at radius 3 is 1.22 bits per heavy atom. The molecule has 6 N–H and O–H groups in total. The maximum atomic E-state index is 14.4. The molecule has 0 fully saturated rings. The molecule has 0 saturated carbocycles. The number of nitrogen functional groups attached to an aromatic ring is 2. The Hall–Kier alpha value is -11.9. The Balaban J connectivity index is 0.000000141. The molecule has 0 radical (unpaired) electrons. The minimum Gasteiger partial charge on any atom is -0.399 e. The summed E-state index contributed by atoms with van der Waals surface area (Å²) in [6.45, 7) is 2.83. The summed E-state index contributed by atoms with van der Waals surface area (Å²) in [6, 6.07) is 29.2. The second-order valence-electron chi connectivity index (χ2n) is 23.7. The predicted molar refractivity (Wildman–Crippen MR) is 387 cm³/mol. The minimum atomic E-state index is -3.81. The summed E-state index contributed by atoms with van der Waals surface area (Å²) in [5.74, 6) is -7.10. The van der Waals surface area contributed by atoms with Crippen LogP contribution in [0.2, 0.25) is 10.0 Å². The number of amides is 3. The topological polar surface area (TPSA) is 333 Å². The molecule has 0 aliphatic carbocycles. The molecule has 26 nitrogen and oxygen atoms in total. The molecule has 0 saturated heterocycles. The van der Waals surface area contributed by atoms with Crippen molar-refractivity contribution < 1.29 is 132 Å². The van der Waals surface area contributed by atoms with Crippen molar-refractivity contribution in [2.24, 2.45) is 0 Å². The largest absolute Gasteiger partial charge is 0.586 e. The van der Waals surface area contributed by atoms with Crippen molar-refractivity contribution in [3.8, 4) is 79.8 Å². The monoisotopic (exact) mass is 1750 g/mol. The molecule has 7 aromatic carbocycles. The highest BCUT2D eigenvalue weighted by Gasteiger charge is 2.48. The van der Waals surface area contributed by atoms with Gasteiger partial charge in [-0.3, -0.25) is 24.5 Å². The number of nitro groups is 1. The van der Waals surface area contributed by atoms with E-state index in [1.807, 2.05) is 0 Å². The number of hydrogen-bond acceptors (Lipinski definition) is 22. The number of carbonyl (C=O) groups excluding carboxylic acids is 3. The molecular weight excluding hydrogens is 1700 g/mol. The fraction of sp³-hybridized carbons (Fsp3) is 0.143. The van der Waals surface area contributed by atoms with Gasteiger partial charge in [-0.1, -0.05) is 52.6 Å². The fourth-order valence-electron chi connectivity index (χ4n) is 11.1. The number of nitro benzene ring substituents is 1.